The van der Waals surface area contributed by atoms with Gasteiger partial charge < -0.3 is 4.98 Å². The van der Waals surface area contributed by atoms with Gasteiger partial charge in [0.15, 0.2) is 11.6 Å². The van der Waals surface area contributed by atoms with Crippen molar-refractivity contribution < 1.29 is 0 Å². The molecule has 0 aromatic heterocycles. The Balaban J connectivity index is 2.35. The topological polar surface area (TPSA) is 54.5 Å². The summed E-state index contributed by atoms with van der Waals surface area (Å²) in [6, 6.07) is 6.15. The fourth-order valence-corrected chi connectivity index (χ4v) is 2.05. The average Bonchev–Trinajstić information content (AvgIpc) is 2.77. The Kier molecular flexibility index (Phi) is 2.28. The Morgan fingerprint density at radius 1 is 1.06 bits per heavy atom. The van der Waals surface area contributed by atoms with Crippen LogP contribution < -0.4 is 0 Å². The van der Waals surface area contributed by atoms with Gasteiger partial charge in [-0.25, -0.2) is 15.0 Å². The number of hydrogen-bond donors (Lipinski definition) is 1. The number of nitrogens with zero attached hydrogens (tertiary/aromatic N) is 3. The Labute approximate surface area is 99.5 Å². The van der Waals surface area contributed by atoms with E-state index in [1.807, 2.05) is 19.1 Å². The molecule has 0 saturated carbocycles. The van der Waals surface area contributed by atoms with E-state index < -0.39 is 0 Å². The monoisotopic (exact) mass is 226 g/mol. The second-order valence-electron chi connectivity index (χ2n) is 4.07. The van der Waals surface area contributed by atoms with Crippen LogP contribution in [0.2, 0.25) is 0 Å². The molecular weight excluding hydrogens is 212 g/mol. The molecule has 0 atom stereocenters. The lowest BCUT2D eigenvalue weighted by molar-refractivity contribution is 0.991. The van der Waals surface area contributed by atoms with Crippen LogP contribution in [0.1, 0.15) is 25.2 Å². The van der Waals surface area contributed by atoms with Crippen molar-refractivity contribution >= 4 is 11.0 Å². The van der Waals surface area contributed by atoms with Gasteiger partial charge in [0.05, 0.1) is 11.0 Å². The van der Waals surface area contributed by atoms with Crippen molar-refractivity contribution in [2.24, 2.45) is 0 Å². The minimum atomic E-state index is 0.711. The first kappa shape index (κ1) is 10.2. The molecule has 3 rings (SSSR count). The van der Waals surface area contributed by atoms with Crippen LogP contribution in [0.5, 0.6) is 0 Å². The third kappa shape index (κ3) is 1.56. The number of aromatic nitrogens is 4. The van der Waals surface area contributed by atoms with Crippen LogP contribution >= 0.6 is 0 Å². The number of nitrogens with one attached hydrogen (secondary N) is 1. The summed E-state index contributed by atoms with van der Waals surface area (Å²) in [4.78, 5) is 16.7. The molecule has 0 saturated heterocycles. The maximum atomic E-state index is 4.55. The van der Waals surface area contributed by atoms with Gasteiger partial charge in [0, 0.05) is 6.42 Å². The van der Waals surface area contributed by atoms with E-state index in [4.69, 9.17) is 0 Å². The highest BCUT2D eigenvalue weighted by atomic mass is 15.1. The second-order valence-corrected chi connectivity index (χ2v) is 4.07. The summed E-state index contributed by atoms with van der Waals surface area (Å²) in [6.07, 6.45) is 1.82. The lowest BCUT2D eigenvalue weighted by atomic mass is 10.1. The molecule has 0 amide bonds. The third-order valence-corrected chi connectivity index (χ3v) is 2.98. The second kappa shape index (κ2) is 3.80. The molecule has 2 aliphatic rings. The van der Waals surface area contributed by atoms with Crippen LogP contribution in [-0.2, 0) is 12.8 Å². The molecule has 86 valence electrons. The van der Waals surface area contributed by atoms with Crippen molar-refractivity contribution in [3.8, 4) is 11.6 Å². The average molecular weight is 226 g/mol. The molecule has 2 aliphatic heterocycles. The molecule has 0 bridgehead atoms. The number of imidazole rings is 1. The van der Waals surface area contributed by atoms with Crippen LogP contribution in [0.25, 0.3) is 22.7 Å². The Morgan fingerprint density at radius 3 is 2.71 bits per heavy atom. The van der Waals surface area contributed by atoms with Gasteiger partial charge in [0.2, 0.25) is 0 Å². The first-order valence-corrected chi connectivity index (χ1v) is 5.96. The molecule has 0 spiro atoms. The van der Waals surface area contributed by atoms with E-state index in [1.54, 1.807) is 0 Å². The van der Waals surface area contributed by atoms with E-state index in [0.29, 0.717) is 5.82 Å². The minimum absolute atomic E-state index is 0.711. The summed E-state index contributed by atoms with van der Waals surface area (Å²) < 4.78 is 0. The van der Waals surface area contributed by atoms with E-state index in [-0.39, 0.29) is 0 Å². The number of H-pyrrole nitrogens is 1. The van der Waals surface area contributed by atoms with Gasteiger partial charge in [0.25, 0.3) is 0 Å². The molecule has 0 aliphatic carbocycles. The van der Waals surface area contributed by atoms with E-state index in [9.17, 15) is 0 Å². The van der Waals surface area contributed by atoms with Crippen LogP contribution in [0.4, 0.5) is 0 Å². The number of hydrogen-bond acceptors (Lipinski definition) is 3. The van der Waals surface area contributed by atoms with Gasteiger partial charge in [-0.2, -0.15) is 0 Å². The fourth-order valence-electron chi connectivity index (χ4n) is 2.05. The van der Waals surface area contributed by atoms with Gasteiger partial charge in [-0.05, 0) is 18.1 Å². The number of aryl methyl sites for hydroxylation is 2. The highest BCUT2D eigenvalue weighted by Gasteiger charge is 2.13. The quantitative estimate of drug-likeness (QED) is 0.730. The number of fused-ring (bicyclic) bond motifs is 2. The molecule has 4 heteroatoms. The van der Waals surface area contributed by atoms with Crippen molar-refractivity contribution in [1.29, 1.82) is 0 Å². The van der Waals surface area contributed by atoms with Crippen LogP contribution in [0, 0.1) is 0 Å². The number of para-hydroxylation sites is 1. The van der Waals surface area contributed by atoms with Gasteiger partial charge >= 0.3 is 0 Å². The van der Waals surface area contributed by atoms with Crippen LogP contribution in [0.15, 0.2) is 18.2 Å². The van der Waals surface area contributed by atoms with Crippen molar-refractivity contribution in [2.75, 3.05) is 0 Å². The zero-order chi connectivity index (χ0) is 11.8. The molecule has 0 unspecified atom stereocenters. The highest BCUT2D eigenvalue weighted by molar-refractivity contribution is 5.80. The van der Waals surface area contributed by atoms with Gasteiger partial charge in [-0.15, -0.1) is 0 Å². The smallest absolute Gasteiger partial charge is 0.198 e. The Bertz CT molecular complexity index is 641. The lowest BCUT2D eigenvalue weighted by Gasteiger charge is -2.05. The summed E-state index contributed by atoms with van der Waals surface area (Å²) in [5, 5.41) is 0. The SMILES string of the molecule is CCc1nc2nc3cccc(CC)c3[nH]c-2n1. The zero-order valence-electron chi connectivity index (χ0n) is 9.99. The first-order valence-electron chi connectivity index (χ1n) is 5.96. The molecule has 1 N–H and O–H groups in total. The number of benzene rings is 1. The Hall–Kier alpha value is -1.97. The molecule has 1 aromatic carbocycles. The molecule has 4 nitrogen and oxygen atoms in total. The number of rotatable bonds is 2. The predicted octanol–water partition coefficient (Wildman–Crippen LogP) is 2.58. The molecule has 0 fully saturated rings. The van der Waals surface area contributed by atoms with Gasteiger partial charge in [0.1, 0.15) is 5.82 Å². The summed E-state index contributed by atoms with van der Waals surface area (Å²) >= 11 is 0. The summed E-state index contributed by atoms with van der Waals surface area (Å²) in [6.45, 7) is 4.19. The van der Waals surface area contributed by atoms with E-state index in [0.717, 1.165) is 35.5 Å². The van der Waals surface area contributed by atoms with Crippen molar-refractivity contribution in [1.82, 2.24) is 19.9 Å². The van der Waals surface area contributed by atoms with Crippen molar-refractivity contribution in [2.45, 2.75) is 26.7 Å². The molecular formula is C13H14N4. The third-order valence-electron chi connectivity index (χ3n) is 2.98. The van der Waals surface area contributed by atoms with E-state index in [1.165, 1.54) is 5.56 Å². The van der Waals surface area contributed by atoms with Crippen molar-refractivity contribution in [3.63, 3.8) is 0 Å². The Morgan fingerprint density at radius 2 is 1.94 bits per heavy atom. The van der Waals surface area contributed by atoms with E-state index in [2.05, 4.69) is 32.9 Å². The maximum absolute atomic E-state index is 4.55. The fraction of sp³-hybridized carbons (Fsp3) is 0.308. The zero-order valence-corrected chi connectivity index (χ0v) is 9.99. The van der Waals surface area contributed by atoms with Crippen LogP contribution in [0.3, 0.4) is 0 Å². The summed E-state index contributed by atoms with van der Waals surface area (Å²) in [7, 11) is 0. The standard InChI is InChI=1S/C13H14N4/c1-3-8-6-5-7-9-11(8)17-13-12(14-9)15-10(4-2)16-13/h5-7H,3-4H2,1-2H3,(H,14,15,16,17). The predicted molar refractivity (Wildman–Crippen MR) is 67.1 cm³/mol. The molecule has 2 heterocycles. The van der Waals surface area contributed by atoms with E-state index >= 15 is 0 Å². The number of aromatic amines is 1. The first-order chi connectivity index (χ1) is 8.31. The molecule has 17 heavy (non-hydrogen) atoms. The normalized spacial score (nSPS) is 11.4. The lowest BCUT2D eigenvalue weighted by Crippen LogP contribution is -1.95. The largest absolute Gasteiger partial charge is 0.335 e. The van der Waals surface area contributed by atoms with Crippen molar-refractivity contribution in [3.05, 3.63) is 29.6 Å². The summed E-state index contributed by atoms with van der Waals surface area (Å²) in [5.74, 6) is 2.34. The van der Waals surface area contributed by atoms with Gasteiger partial charge in [-0.1, -0.05) is 26.0 Å². The van der Waals surface area contributed by atoms with Gasteiger partial charge in [-0.3, -0.25) is 0 Å². The minimum Gasteiger partial charge on any atom is -0.335 e. The highest BCUT2D eigenvalue weighted by Crippen LogP contribution is 2.22. The maximum Gasteiger partial charge on any atom is 0.198 e. The van der Waals surface area contributed by atoms with Crippen LogP contribution in [-0.4, -0.2) is 19.9 Å². The molecule has 0 radical (unpaired) electrons. The summed E-state index contributed by atoms with van der Waals surface area (Å²) in [5.41, 5.74) is 3.29. The molecule has 1 aromatic rings.